The van der Waals surface area contributed by atoms with Crippen LogP contribution in [-0.2, 0) is 73.4 Å². The zero-order chi connectivity index (χ0) is 93.8. The zero-order valence-electron chi connectivity index (χ0n) is 77.9. The van der Waals surface area contributed by atoms with Gasteiger partial charge in [0.1, 0.15) is 74.4 Å². The highest BCUT2D eigenvalue weighted by atomic mass is 16.6. The Balaban J connectivity index is 1.13. The molecule has 0 fully saturated rings. The summed E-state index contributed by atoms with van der Waals surface area (Å²) >= 11 is 0. The fraction of sp³-hybridized carbons (Fsp3) is 0.700. The van der Waals surface area contributed by atoms with Gasteiger partial charge in [-0.3, -0.25) is 0 Å². The van der Waals surface area contributed by atoms with Gasteiger partial charge in [0.15, 0.2) is 0 Å². The molecule has 0 atom stereocenters. The van der Waals surface area contributed by atoms with E-state index in [9.17, 15) is 28.8 Å². The van der Waals surface area contributed by atoms with Crippen molar-refractivity contribution in [3.05, 3.63) is 40.8 Å². The smallest absolute Gasteiger partial charge is 0.407 e. The molecule has 128 heavy (non-hydrogen) atoms. The molecule has 0 aromatic carbocycles. The number of rotatable bonds is 53. The second-order valence-corrected chi connectivity index (χ2v) is 35.0. The van der Waals surface area contributed by atoms with E-state index in [1.54, 1.807) is 125 Å². The van der Waals surface area contributed by atoms with Crippen LogP contribution in [0.1, 0.15) is 211 Å². The number of hydrogen-bond acceptors (Lipinski definition) is 42. The number of anilines is 11. The van der Waals surface area contributed by atoms with Crippen molar-refractivity contribution in [2.75, 3.05) is 176 Å². The fourth-order valence-electron chi connectivity index (χ4n) is 10.7. The normalized spacial score (nSPS) is 11.7. The number of carbonyl (C=O) groups is 6. The quantitative estimate of drug-likeness (QED) is 0.0134. The monoisotopic (exact) mass is 1800 g/mol. The lowest BCUT2D eigenvalue weighted by atomic mass is 10.2. The van der Waals surface area contributed by atoms with Crippen LogP contribution in [0.4, 0.5) is 94.2 Å². The van der Waals surface area contributed by atoms with Gasteiger partial charge in [0, 0.05) is 156 Å². The van der Waals surface area contributed by atoms with Crippen LogP contribution in [0.2, 0.25) is 0 Å². The predicted octanol–water partition coefficient (Wildman–Crippen LogP) is 7.09. The van der Waals surface area contributed by atoms with E-state index in [4.69, 9.17) is 84.0 Å². The van der Waals surface area contributed by atoms with Gasteiger partial charge in [-0.05, 0) is 170 Å². The van der Waals surface area contributed by atoms with Crippen molar-refractivity contribution in [3.63, 3.8) is 0 Å². The molecule has 0 saturated carbocycles. The molecule has 710 valence electrons. The molecule has 0 spiro atoms. The highest BCUT2D eigenvalue weighted by Gasteiger charge is 2.24. The summed E-state index contributed by atoms with van der Waals surface area (Å²) < 4.78 is 32.4. The second kappa shape index (κ2) is 52.5. The van der Waals surface area contributed by atoms with E-state index in [-0.39, 0.29) is 88.6 Å². The summed E-state index contributed by atoms with van der Waals surface area (Å²) in [5.74, 6) is 7.03. The number of amides is 6. The maximum absolute atomic E-state index is 12.6. The molecule has 6 aromatic rings. The van der Waals surface area contributed by atoms with Crippen molar-refractivity contribution in [3.8, 4) is 0 Å². The molecule has 6 aromatic heterocycles. The second-order valence-electron chi connectivity index (χ2n) is 35.0. The van der Waals surface area contributed by atoms with Crippen LogP contribution in [0.25, 0.3) is 0 Å². The van der Waals surface area contributed by atoms with Crippen molar-refractivity contribution < 1.29 is 57.2 Å². The number of aryl methyl sites for hydroxylation is 7. The molecule has 0 unspecified atom stereocenters. The topological polar surface area (TPSA) is 620 Å². The lowest BCUT2D eigenvalue weighted by Crippen LogP contribution is -2.35. The van der Waals surface area contributed by atoms with Crippen LogP contribution >= 0.6 is 0 Å². The molecule has 6 rings (SSSR count). The minimum absolute atomic E-state index is 0.197. The number of hydrogen-bond donors (Lipinski definition) is 18. The Morgan fingerprint density at radius 2 is 0.359 bits per heavy atom. The average Bonchev–Trinajstić information content (AvgIpc) is 0.875. The first kappa shape index (κ1) is 104. The molecule has 48 nitrogen and oxygen atoms in total. The van der Waals surface area contributed by atoms with Crippen molar-refractivity contribution in [2.45, 2.75) is 249 Å². The van der Waals surface area contributed by atoms with E-state index in [0.29, 0.717) is 219 Å². The lowest BCUT2D eigenvalue weighted by Gasteiger charge is -2.19. The van der Waals surface area contributed by atoms with Crippen molar-refractivity contribution in [1.82, 2.24) is 122 Å². The third kappa shape index (κ3) is 48.2. The molecule has 0 aliphatic rings. The molecule has 0 saturated heterocycles. The van der Waals surface area contributed by atoms with E-state index in [1.807, 2.05) is 6.92 Å². The molecule has 0 radical (unpaired) electrons. The largest absolute Gasteiger partial charge is 0.444 e. The number of nitrogens with zero attached hydrogens (tertiary/aromatic N) is 18. The van der Waals surface area contributed by atoms with Gasteiger partial charge in [-0.2, -0.15) is 84.7 Å². The number of nitrogens with one attached hydrogen (secondary N) is 17. The minimum Gasteiger partial charge on any atom is -0.444 e. The molecule has 0 aliphatic carbocycles. The number of alkyl carbamates (subject to hydrolysis) is 6. The Morgan fingerprint density at radius 3 is 0.523 bits per heavy atom. The van der Waals surface area contributed by atoms with Crippen LogP contribution in [0.3, 0.4) is 0 Å². The highest BCUT2D eigenvalue weighted by Crippen LogP contribution is 2.19. The molecule has 0 aliphatic heterocycles. The highest BCUT2D eigenvalue weighted by molar-refractivity contribution is 5.70. The van der Waals surface area contributed by atoms with E-state index in [1.165, 1.54) is 0 Å². The number of aromatic nitrogens is 18. The Bertz CT molecular complexity index is 4420. The van der Waals surface area contributed by atoms with Gasteiger partial charge >= 0.3 is 36.6 Å². The molecule has 48 heteroatoms. The molecule has 19 N–H and O–H groups in total. The summed E-state index contributed by atoms with van der Waals surface area (Å²) in [5, 5.41) is 52.3. The standard InChI is InChI=1S/C80H138N36O12/c1-20-51-99-52(101-58(100-51)87-39-45-93-69(117)123-75(2,3)4)28-22-34-82-60-104-54(108-65(113-60)89-41-47-95-71(119)125-77(8,9)10)30-24-36-84-62-106-56(110-67(115-62)91-43-49-97-73(121)127-79(14,15)16)32-26-38-86-63-107-57(111-68(116-63)92-44-50-98-74(122)128-80(17,18)19)31-25-37-85-61-105-55(109-66(114-61)90-42-48-96-72(120)126-78(11,12)13)29-23-35-83-59-102-53(27-21-33-81)103-64(112-59)88-40-46-94-70(118)124-76(5,6)7/h20-50,81H2,1-19H3,(H,93,117)(H,94,118)(H,95,119)(H,96,120)(H,97,121)(H,98,122)(H,87,99,100,101)(H2,82,89,104,108,113)(H2,83,88,102,103,112)(H2,84,91,106,110,115)(H2,85,90,105,109,114)(H2,86,92,107,111,116). The summed E-state index contributed by atoms with van der Waals surface area (Å²) in [7, 11) is 0. The van der Waals surface area contributed by atoms with Gasteiger partial charge in [0.2, 0.25) is 65.4 Å². The van der Waals surface area contributed by atoms with Crippen LogP contribution in [0.15, 0.2) is 0 Å². The van der Waals surface area contributed by atoms with Crippen LogP contribution < -0.4 is 96.1 Å². The van der Waals surface area contributed by atoms with Crippen LogP contribution in [-0.4, -0.2) is 278 Å². The summed E-state index contributed by atoms with van der Waals surface area (Å²) in [6.07, 6.45) is 3.25. The maximum atomic E-state index is 12.6. The predicted molar refractivity (Wildman–Crippen MR) is 486 cm³/mol. The fourth-order valence-corrected chi connectivity index (χ4v) is 10.7. The van der Waals surface area contributed by atoms with E-state index in [0.717, 1.165) is 0 Å². The Kier molecular flexibility index (Phi) is 42.8. The number of nitrogens with two attached hydrogens (primary N) is 1. The van der Waals surface area contributed by atoms with Gasteiger partial charge < -0.3 is 125 Å². The molecule has 6 amide bonds. The molecule has 6 heterocycles. The van der Waals surface area contributed by atoms with Crippen LogP contribution in [0.5, 0.6) is 0 Å². The Hall–Kier alpha value is -12.6. The maximum Gasteiger partial charge on any atom is 0.407 e. The van der Waals surface area contributed by atoms with Crippen molar-refractivity contribution >= 4 is 102 Å². The molecular formula is C80H138N36O12. The lowest BCUT2D eigenvalue weighted by molar-refractivity contribution is 0.0518. The zero-order valence-corrected chi connectivity index (χ0v) is 77.9. The van der Waals surface area contributed by atoms with Crippen LogP contribution in [0, 0.1) is 0 Å². The van der Waals surface area contributed by atoms with Gasteiger partial charge in [0.05, 0.1) is 0 Å². The summed E-state index contributed by atoms with van der Waals surface area (Å²) in [6, 6.07) is 0. The third-order valence-electron chi connectivity index (χ3n) is 15.8. The summed E-state index contributed by atoms with van der Waals surface area (Å²) in [5.41, 5.74) is 1.83. The molecular weight excluding hydrogens is 1660 g/mol. The van der Waals surface area contributed by atoms with E-state index in [2.05, 4.69) is 130 Å². The Morgan fingerprint density at radius 1 is 0.211 bits per heavy atom. The average molecular weight is 1800 g/mol. The summed E-state index contributed by atoms with van der Waals surface area (Å²) in [4.78, 5) is 159. The Labute approximate surface area is 749 Å². The van der Waals surface area contributed by atoms with E-state index >= 15 is 0 Å². The minimum atomic E-state index is -0.695. The van der Waals surface area contributed by atoms with Crippen molar-refractivity contribution in [2.24, 2.45) is 5.73 Å². The SMILES string of the molecule is CCc1nc(CCCNc2nc(CCCNc3nc(CCCNc4nc(CCCNc5nc(CCCNc6nc(CCCN)nc(NCCNC(=O)OC(C)(C)C)n6)nc(NCCNC(=O)OC(C)(C)C)n5)nc(NCCNC(=O)OC(C)(C)C)n4)nc(NCCNC(=O)OC(C)(C)C)n3)nc(NCCNC(=O)OC(C)(C)C)n2)nc(NCCNC(=O)OC(C)(C)C)n1. The number of ether oxygens (including phenoxy) is 6. The number of carbonyl (C=O) groups excluding carboxylic acids is 6. The first-order valence-corrected chi connectivity index (χ1v) is 43.6. The van der Waals surface area contributed by atoms with Gasteiger partial charge in [-0.15, -0.1) is 0 Å². The van der Waals surface area contributed by atoms with E-state index < -0.39 is 70.2 Å². The van der Waals surface area contributed by atoms with Crippen molar-refractivity contribution in [1.29, 1.82) is 0 Å². The van der Waals surface area contributed by atoms with Gasteiger partial charge in [0.25, 0.3) is 0 Å². The van der Waals surface area contributed by atoms with Gasteiger partial charge in [-0.25, -0.2) is 33.8 Å². The first-order valence-electron chi connectivity index (χ1n) is 43.6. The third-order valence-corrected chi connectivity index (χ3v) is 15.8. The summed E-state index contributed by atoms with van der Waals surface area (Å²) in [6.45, 7) is 39.8. The molecule has 0 bridgehead atoms. The first-order chi connectivity index (χ1) is 60.4. The van der Waals surface area contributed by atoms with Gasteiger partial charge in [-0.1, -0.05) is 6.92 Å².